The fourth-order valence-corrected chi connectivity index (χ4v) is 2.51. The Bertz CT molecular complexity index is 877. The molecule has 3 aromatic rings. The molecule has 0 saturated heterocycles. The van der Waals surface area contributed by atoms with E-state index in [0.717, 1.165) is 23.4 Å². The van der Waals surface area contributed by atoms with Crippen LogP contribution in [-0.4, -0.2) is 35.7 Å². The summed E-state index contributed by atoms with van der Waals surface area (Å²) in [5.74, 6) is 1.78. The summed E-state index contributed by atoms with van der Waals surface area (Å²) in [4.78, 5) is 12.9. The van der Waals surface area contributed by atoms with E-state index in [1.807, 2.05) is 60.7 Å². The Balaban J connectivity index is 0.00000320. The van der Waals surface area contributed by atoms with Crippen LogP contribution < -0.4 is 20.5 Å². The van der Waals surface area contributed by atoms with Crippen LogP contribution in [0.4, 0.5) is 0 Å². The van der Waals surface area contributed by atoms with Gasteiger partial charge < -0.3 is 20.5 Å². The molecule has 0 aliphatic heterocycles. The van der Waals surface area contributed by atoms with Gasteiger partial charge in [0.2, 0.25) is 5.88 Å². The van der Waals surface area contributed by atoms with Crippen LogP contribution in [0.1, 0.15) is 11.3 Å². The lowest BCUT2D eigenvalue weighted by molar-refractivity contribution is 0.212. The molecule has 0 amide bonds. The number of guanidine groups is 1. The Morgan fingerprint density at radius 2 is 1.73 bits per heavy atom. The van der Waals surface area contributed by atoms with Crippen LogP contribution in [0, 0.1) is 0 Å². The summed E-state index contributed by atoms with van der Waals surface area (Å²) in [6.07, 6.45) is 4.31. The second-order valence-electron chi connectivity index (χ2n) is 6.21. The minimum Gasteiger partial charge on any atom is -0.490 e. The maximum absolute atomic E-state index is 5.90. The van der Waals surface area contributed by atoms with E-state index in [1.54, 1.807) is 12.4 Å². The van der Waals surface area contributed by atoms with Gasteiger partial charge in [-0.25, -0.2) is 9.98 Å². The molecule has 0 fully saturated rings. The second kappa shape index (κ2) is 13.4. The van der Waals surface area contributed by atoms with Gasteiger partial charge in [0.05, 0.1) is 6.54 Å². The Morgan fingerprint density at radius 1 is 0.933 bits per heavy atom. The van der Waals surface area contributed by atoms with E-state index in [2.05, 4.69) is 20.3 Å². The average Bonchev–Trinajstić information content (AvgIpc) is 2.77. The zero-order valence-electron chi connectivity index (χ0n) is 16.6. The standard InChI is InChI=1S/C22H25N5O2.HI/c23-22(25-13-11-19-6-4-5-12-24-19)27-17-18-9-10-21(26-16-18)29-15-14-28-20-7-2-1-3-8-20;/h1-10,12,16H,11,13-15,17H2,(H3,23,25,27);1H. The molecule has 2 heterocycles. The van der Waals surface area contributed by atoms with E-state index in [9.17, 15) is 0 Å². The summed E-state index contributed by atoms with van der Waals surface area (Å²) >= 11 is 0. The molecule has 0 aliphatic rings. The Labute approximate surface area is 193 Å². The fraction of sp³-hybridized carbons (Fsp3) is 0.227. The van der Waals surface area contributed by atoms with Gasteiger partial charge in [-0.1, -0.05) is 30.3 Å². The molecule has 0 atom stereocenters. The van der Waals surface area contributed by atoms with Crippen LogP contribution in [0.25, 0.3) is 0 Å². The summed E-state index contributed by atoms with van der Waals surface area (Å²) in [6, 6.07) is 19.2. The molecule has 0 spiro atoms. The predicted octanol–water partition coefficient (Wildman–Crippen LogP) is 3.20. The van der Waals surface area contributed by atoms with Crippen molar-refractivity contribution >= 4 is 29.9 Å². The number of hydrogen-bond acceptors (Lipinski definition) is 5. The number of ether oxygens (including phenoxy) is 2. The maximum Gasteiger partial charge on any atom is 0.213 e. The molecule has 0 aliphatic carbocycles. The van der Waals surface area contributed by atoms with Crippen LogP contribution >= 0.6 is 24.0 Å². The van der Waals surface area contributed by atoms with Crippen LogP contribution in [-0.2, 0) is 13.0 Å². The van der Waals surface area contributed by atoms with Crippen LogP contribution in [0.3, 0.4) is 0 Å². The normalized spacial score (nSPS) is 10.7. The Kier molecular flexibility index (Phi) is 10.4. The van der Waals surface area contributed by atoms with Gasteiger partial charge in [0.1, 0.15) is 19.0 Å². The van der Waals surface area contributed by atoms with Gasteiger partial charge >= 0.3 is 0 Å². The molecule has 0 bridgehead atoms. The smallest absolute Gasteiger partial charge is 0.213 e. The third-order valence-corrected chi connectivity index (χ3v) is 3.99. The number of pyridine rings is 2. The van der Waals surface area contributed by atoms with E-state index in [1.165, 1.54) is 0 Å². The summed E-state index contributed by atoms with van der Waals surface area (Å²) in [5.41, 5.74) is 7.87. The first-order valence-corrected chi connectivity index (χ1v) is 9.49. The van der Waals surface area contributed by atoms with Gasteiger partial charge in [-0.05, 0) is 29.8 Å². The summed E-state index contributed by atoms with van der Waals surface area (Å²) in [6.45, 7) is 2.01. The Morgan fingerprint density at radius 3 is 2.47 bits per heavy atom. The molecule has 3 rings (SSSR count). The van der Waals surface area contributed by atoms with Crippen molar-refractivity contribution in [3.63, 3.8) is 0 Å². The van der Waals surface area contributed by atoms with Crippen LogP contribution in [0.2, 0.25) is 0 Å². The van der Waals surface area contributed by atoms with E-state index >= 15 is 0 Å². The van der Waals surface area contributed by atoms with Crippen molar-refractivity contribution in [2.75, 3.05) is 19.8 Å². The molecule has 7 nitrogen and oxygen atoms in total. The fourth-order valence-electron chi connectivity index (χ4n) is 2.51. The lowest BCUT2D eigenvalue weighted by Crippen LogP contribution is -2.33. The highest BCUT2D eigenvalue weighted by molar-refractivity contribution is 14.0. The molecular formula is C22H26IN5O2. The Hall–Kier alpha value is -2.88. The number of aromatic nitrogens is 2. The van der Waals surface area contributed by atoms with Crippen molar-refractivity contribution in [3.8, 4) is 11.6 Å². The SMILES string of the molecule is I.NC(=NCc1ccc(OCCOc2ccccc2)nc1)NCCc1ccccn1. The monoisotopic (exact) mass is 519 g/mol. The molecule has 0 radical (unpaired) electrons. The van der Waals surface area contributed by atoms with Gasteiger partial charge in [-0.15, -0.1) is 24.0 Å². The van der Waals surface area contributed by atoms with Crippen LogP contribution in [0.5, 0.6) is 11.6 Å². The first-order valence-electron chi connectivity index (χ1n) is 9.49. The number of benzene rings is 1. The van der Waals surface area contributed by atoms with Gasteiger partial charge in [-0.3, -0.25) is 4.98 Å². The van der Waals surface area contributed by atoms with E-state index in [4.69, 9.17) is 15.2 Å². The number of aliphatic imine (C=N–C) groups is 1. The molecule has 3 N–H and O–H groups in total. The van der Waals surface area contributed by atoms with Gasteiger partial charge in [0, 0.05) is 37.1 Å². The van der Waals surface area contributed by atoms with E-state index in [-0.39, 0.29) is 24.0 Å². The van der Waals surface area contributed by atoms with E-state index < -0.39 is 0 Å². The highest BCUT2D eigenvalue weighted by atomic mass is 127. The largest absolute Gasteiger partial charge is 0.490 e. The molecule has 2 aromatic heterocycles. The third kappa shape index (κ3) is 8.64. The van der Waals surface area contributed by atoms with Crippen molar-refractivity contribution in [2.45, 2.75) is 13.0 Å². The second-order valence-corrected chi connectivity index (χ2v) is 6.21. The van der Waals surface area contributed by atoms with E-state index in [0.29, 0.717) is 38.1 Å². The highest BCUT2D eigenvalue weighted by Gasteiger charge is 1.99. The first kappa shape index (κ1) is 23.4. The number of halogens is 1. The van der Waals surface area contributed by atoms with Crippen molar-refractivity contribution in [1.82, 2.24) is 15.3 Å². The number of nitrogens with one attached hydrogen (secondary N) is 1. The molecule has 0 unspecified atom stereocenters. The molecule has 0 saturated carbocycles. The first-order chi connectivity index (χ1) is 14.3. The number of hydrogen-bond donors (Lipinski definition) is 2. The molecule has 158 valence electrons. The van der Waals surface area contributed by atoms with Gasteiger partial charge in [-0.2, -0.15) is 0 Å². The molecular weight excluding hydrogens is 493 g/mol. The lowest BCUT2D eigenvalue weighted by atomic mass is 10.3. The van der Waals surface area contributed by atoms with Crippen molar-refractivity contribution in [1.29, 1.82) is 0 Å². The van der Waals surface area contributed by atoms with Crippen molar-refractivity contribution in [3.05, 3.63) is 84.3 Å². The topological polar surface area (TPSA) is 94.7 Å². The minimum atomic E-state index is 0. The quantitative estimate of drug-likeness (QED) is 0.185. The molecule has 30 heavy (non-hydrogen) atoms. The number of nitrogens with two attached hydrogens (primary N) is 1. The zero-order valence-corrected chi connectivity index (χ0v) is 18.9. The maximum atomic E-state index is 5.90. The number of para-hydroxylation sites is 1. The summed E-state index contributed by atoms with van der Waals surface area (Å²) in [7, 11) is 0. The van der Waals surface area contributed by atoms with Gasteiger partial charge in [0.15, 0.2) is 5.96 Å². The van der Waals surface area contributed by atoms with Crippen molar-refractivity contribution in [2.24, 2.45) is 10.7 Å². The minimum absolute atomic E-state index is 0. The summed E-state index contributed by atoms with van der Waals surface area (Å²) in [5, 5.41) is 3.09. The predicted molar refractivity (Wildman–Crippen MR) is 128 cm³/mol. The highest BCUT2D eigenvalue weighted by Crippen LogP contribution is 2.10. The summed E-state index contributed by atoms with van der Waals surface area (Å²) < 4.78 is 11.2. The number of nitrogens with zero attached hydrogens (tertiary/aromatic N) is 3. The zero-order chi connectivity index (χ0) is 20.2. The average molecular weight is 519 g/mol. The van der Waals surface area contributed by atoms with Crippen molar-refractivity contribution < 1.29 is 9.47 Å². The molecule has 1 aromatic carbocycles. The number of rotatable bonds is 10. The molecule has 8 heteroatoms. The lowest BCUT2D eigenvalue weighted by Gasteiger charge is -2.08. The third-order valence-electron chi connectivity index (χ3n) is 3.99. The van der Waals surface area contributed by atoms with Crippen LogP contribution in [0.15, 0.2) is 78.0 Å². The van der Waals surface area contributed by atoms with Gasteiger partial charge in [0.25, 0.3) is 0 Å².